The highest BCUT2D eigenvalue weighted by Crippen LogP contribution is 2.61. The lowest BCUT2D eigenvalue weighted by molar-refractivity contribution is -0.263. The smallest absolute Gasteiger partial charge is 0.479 e. The molecule has 1 aromatic heterocycles. The lowest BCUT2D eigenvalue weighted by Crippen LogP contribution is -2.66. The Bertz CT molecular complexity index is 1420. The number of aromatic nitrogens is 2. The number of hydrogen-bond acceptors (Lipinski definition) is 16. The van der Waals surface area contributed by atoms with Gasteiger partial charge in [-0.2, -0.15) is 4.31 Å². The molecule has 2 saturated heterocycles. The normalized spacial score (nSPS) is 33.6. The van der Waals surface area contributed by atoms with Crippen LogP contribution in [0.15, 0.2) is 21.9 Å². The van der Waals surface area contributed by atoms with Gasteiger partial charge in [0.25, 0.3) is 5.56 Å². The topological polar surface area (TPSA) is 332 Å². The fourth-order valence-electron chi connectivity index (χ4n) is 4.42. The van der Waals surface area contributed by atoms with Gasteiger partial charge in [0.2, 0.25) is 5.91 Å². The molecule has 0 spiro atoms. The number of aliphatic hydroxyl groups is 4. The number of nitrogens with one attached hydrogen (secondary N) is 2. The van der Waals surface area contributed by atoms with Crippen molar-refractivity contribution < 1.29 is 81.6 Å². The van der Waals surface area contributed by atoms with Gasteiger partial charge < -0.3 is 54.8 Å². The van der Waals surface area contributed by atoms with Crippen molar-refractivity contribution in [2.45, 2.75) is 81.6 Å². The molecule has 1 aromatic rings. The summed E-state index contributed by atoms with van der Waals surface area (Å²) < 4.78 is 55.6. The fourth-order valence-corrected chi connectivity index (χ4v) is 6.59. The number of carboxylic acids is 1. The molecule has 3 rings (SSSR count). The summed E-state index contributed by atoms with van der Waals surface area (Å²) in [6.07, 6.45) is -14.9. The molecule has 12 atom stereocenters. The second-order valence-corrected chi connectivity index (χ2v) is 12.8. The maximum atomic E-state index is 12.8. The van der Waals surface area contributed by atoms with Crippen LogP contribution in [0.4, 0.5) is 0 Å². The average molecular weight is 693 g/mol. The van der Waals surface area contributed by atoms with E-state index in [1.807, 2.05) is 4.98 Å². The van der Waals surface area contributed by atoms with E-state index >= 15 is 0 Å². The van der Waals surface area contributed by atoms with E-state index in [4.69, 9.17) is 18.7 Å². The molecular formula is C21H33N3O19P2. The van der Waals surface area contributed by atoms with Crippen LogP contribution in [0.2, 0.25) is 0 Å². The molecule has 2 aliphatic heterocycles. The number of hydrogen-bond donors (Lipinski definition) is 9. The van der Waals surface area contributed by atoms with Gasteiger partial charge in [-0.25, -0.2) is 18.7 Å². The van der Waals surface area contributed by atoms with Crippen molar-refractivity contribution in [3.63, 3.8) is 0 Å². The zero-order valence-electron chi connectivity index (χ0n) is 23.4. The molecule has 3 heterocycles. The van der Waals surface area contributed by atoms with Gasteiger partial charge in [0.1, 0.15) is 42.7 Å². The fraction of sp³-hybridized carbons (Fsp3) is 0.714. The van der Waals surface area contributed by atoms with Crippen LogP contribution in [-0.2, 0) is 46.3 Å². The number of phosphoric acid groups is 2. The Balaban J connectivity index is 1.73. The summed E-state index contributed by atoms with van der Waals surface area (Å²) in [5.74, 6) is -2.31. The maximum Gasteiger partial charge on any atom is 0.483 e. The molecule has 0 radical (unpaired) electrons. The second kappa shape index (κ2) is 15.0. The van der Waals surface area contributed by atoms with Crippen molar-refractivity contribution in [2.75, 3.05) is 13.2 Å². The summed E-state index contributed by atoms with van der Waals surface area (Å²) >= 11 is 0. The number of amides is 1. The molecule has 9 N–H and O–H groups in total. The standard InChI is InChI=1S/C21H33N3O19P2/c1-3-9(19(31)32)39-17-13(22-8(2)26)20(41-10(6-25)15(17)29)42-45(36,37)43-44(34,35)38-7-11-14(28)16(30)18(40-11)24-5-4-12(27)23-21(24)33/h4-5,9-11,13-18,20,25,28-30H,3,6-7H2,1-2H3,(H,22,26)(H,31,32)(H,34,35)(H,36,37)(H,23,27,33)/t9?,10-,11-,13-,14-,15-,16-,17-,18-,20-/m1/s1. The summed E-state index contributed by atoms with van der Waals surface area (Å²) in [6, 6.07) is -0.825. The third kappa shape index (κ3) is 9.33. The first-order valence-corrected chi connectivity index (χ1v) is 16.0. The molecule has 256 valence electrons. The number of phosphoric ester groups is 2. The molecule has 0 saturated carbocycles. The molecule has 45 heavy (non-hydrogen) atoms. The largest absolute Gasteiger partial charge is 0.483 e. The van der Waals surface area contributed by atoms with E-state index in [2.05, 4.69) is 14.2 Å². The first-order valence-electron chi connectivity index (χ1n) is 13.0. The van der Waals surface area contributed by atoms with Crippen LogP contribution in [0.1, 0.15) is 26.5 Å². The Morgan fingerprint density at radius 2 is 1.76 bits per heavy atom. The van der Waals surface area contributed by atoms with E-state index in [1.165, 1.54) is 6.92 Å². The predicted molar refractivity (Wildman–Crippen MR) is 141 cm³/mol. The minimum absolute atomic E-state index is 0.132. The van der Waals surface area contributed by atoms with Gasteiger partial charge in [0, 0.05) is 19.2 Å². The van der Waals surface area contributed by atoms with Gasteiger partial charge in [-0.05, 0) is 6.42 Å². The summed E-state index contributed by atoms with van der Waals surface area (Å²) in [4.78, 5) is 68.9. The van der Waals surface area contributed by atoms with E-state index in [0.717, 1.165) is 19.2 Å². The van der Waals surface area contributed by atoms with Crippen LogP contribution in [0.5, 0.6) is 0 Å². The first kappa shape index (κ1) is 37.1. The molecule has 3 unspecified atom stereocenters. The zero-order chi connectivity index (χ0) is 33.9. The third-order valence-electron chi connectivity index (χ3n) is 6.50. The van der Waals surface area contributed by atoms with Crippen molar-refractivity contribution in [1.29, 1.82) is 0 Å². The first-order chi connectivity index (χ1) is 20.9. The predicted octanol–water partition coefficient (Wildman–Crippen LogP) is -3.76. The van der Waals surface area contributed by atoms with Gasteiger partial charge in [-0.3, -0.25) is 28.2 Å². The Labute approximate surface area is 252 Å². The number of rotatable bonds is 14. The van der Waals surface area contributed by atoms with Crippen LogP contribution < -0.4 is 16.6 Å². The summed E-state index contributed by atoms with van der Waals surface area (Å²) in [5.41, 5.74) is -1.79. The maximum absolute atomic E-state index is 12.8. The van der Waals surface area contributed by atoms with E-state index in [0.29, 0.717) is 4.57 Å². The quantitative estimate of drug-likeness (QED) is 0.0845. The Morgan fingerprint density at radius 1 is 1.09 bits per heavy atom. The molecule has 1 amide bonds. The van der Waals surface area contributed by atoms with Crippen molar-refractivity contribution in [3.8, 4) is 0 Å². The molecule has 0 aromatic carbocycles. The monoisotopic (exact) mass is 693 g/mol. The highest BCUT2D eigenvalue weighted by molar-refractivity contribution is 7.61. The van der Waals surface area contributed by atoms with Crippen molar-refractivity contribution >= 4 is 27.5 Å². The van der Waals surface area contributed by atoms with Crippen LogP contribution in [-0.4, -0.2) is 125 Å². The Kier molecular flexibility index (Phi) is 12.4. The molecule has 2 fully saturated rings. The summed E-state index contributed by atoms with van der Waals surface area (Å²) in [7, 11) is -11.4. The van der Waals surface area contributed by atoms with Crippen molar-refractivity contribution in [1.82, 2.24) is 14.9 Å². The van der Waals surface area contributed by atoms with Crippen LogP contribution in [0, 0.1) is 0 Å². The number of nitrogens with zero attached hydrogens (tertiary/aromatic N) is 1. The second-order valence-electron chi connectivity index (χ2n) is 9.76. The number of carboxylic acid groups (broad SMARTS) is 1. The van der Waals surface area contributed by atoms with E-state index < -0.39 is 113 Å². The van der Waals surface area contributed by atoms with Gasteiger partial charge in [0.05, 0.1) is 13.2 Å². The number of carbonyl (C=O) groups excluding carboxylic acids is 1. The van der Waals surface area contributed by atoms with Crippen LogP contribution in [0.25, 0.3) is 0 Å². The van der Waals surface area contributed by atoms with E-state index in [9.17, 15) is 63.6 Å². The van der Waals surface area contributed by atoms with E-state index in [1.54, 1.807) is 0 Å². The summed E-state index contributed by atoms with van der Waals surface area (Å²) in [5, 5.41) is 52.3. The molecule has 24 heteroatoms. The van der Waals surface area contributed by atoms with Crippen molar-refractivity contribution in [3.05, 3.63) is 33.1 Å². The Hall–Kier alpha value is -2.40. The van der Waals surface area contributed by atoms with Gasteiger partial charge in [-0.1, -0.05) is 6.92 Å². The van der Waals surface area contributed by atoms with Gasteiger partial charge in [-0.15, -0.1) is 0 Å². The lowest BCUT2D eigenvalue weighted by atomic mass is 9.96. The molecule has 0 aliphatic carbocycles. The van der Waals surface area contributed by atoms with Crippen molar-refractivity contribution in [2.24, 2.45) is 0 Å². The highest BCUT2D eigenvalue weighted by atomic mass is 31.3. The van der Waals surface area contributed by atoms with E-state index in [-0.39, 0.29) is 6.42 Å². The SMILES string of the molecule is CCC(O[C@H]1[C@H](O)[C@@H](CO)O[C@H](OP(=O)(O)OP(=O)(O)OC[C@H]2O[C@@H](n3ccc(=O)[nH]c3=O)[C@H](O)[C@@H]2O)[C@@H]1NC(C)=O)C(=O)O. The lowest BCUT2D eigenvalue weighted by Gasteiger charge is -2.44. The highest BCUT2D eigenvalue weighted by Gasteiger charge is 2.52. The number of aliphatic carboxylic acids is 1. The molecule has 0 bridgehead atoms. The number of ether oxygens (including phenoxy) is 3. The Morgan fingerprint density at radius 3 is 2.31 bits per heavy atom. The van der Waals surface area contributed by atoms with Gasteiger partial charge in [0.15, 0.2) is 18.6 Å². The number of aliphatic hydroxyl groups excluding tert-OH is 4. The molecule has 22 nitrogen and oxygen atoms in total. The third-order valence-corrected chi connectivity index (χ3v) is 9.10. The van der Waals surface area contributed by atoms with Gasteiger partial charge >= 0.3 is 27.3 Å². The zero-order valence-corrected chi connectivity index (χ0v) is 25.2. The molecular weight excluding hydrogens is 660 g/mol. The molecule has 2 aliphatic rings. The minimum Gasteiger partial charge on any atom is -0.479 e. The summed E-state index contributed by atoms with van der Waals surface area (Å²) in [6.45, 7) is 0.366. The number of H-pyrrole nitrogens is 1. The minimum atomic E-state index is -5.75. The average Bonchev–Trinajstić information content (AvgIpc) is 3.20. The number of aromatic amines is 1. The number of carbonyl (C=O) groups is 2. The van der Waals surface area contributed by atoms with Crippen LogP contribution >= 0.6 is 15.6 Å². The van der Waals surface area contributed by atoms with Crippen LogP contribution in [0.3, 0.4) is 0 Å².